The van der Waals surface area contributed by atoms with Crippen LogP contribution in [-0.4, -0.2) is 8.42 Å². The van der Waals surface area contributed by atoms with Gasteiger partial charge < -0.3 is 0 Å². The number of nitrogens with zero attached hydrogens (tertiary/aromatic N) is 3. The second-order valence-corrected chi connectivity index (χ2v) is 4.62. The normalized spacial score (nSPS) is 11.3. The van der Waals surface area contributed by atoms with Gasteiger partial charge in [0, 0.05) is 9.43 Å². The Labute approximate surface area is 95.2 Å². The molecule has 0 bridgehead atoms. The van der Waals surface area contributed by atoms with E-state index >= 15 is 0 Å². The average Bonchev–Trinajstić information content (AvgIpc) is 2.19. The minimum atomic E-state index is -3.87. The zero-order valence-electron chi connectivity index (χ0n) is 7.41. The van der Waals surface area contributed by atoms with Crippen LogP contribution in [-0.2, 0) is 10.0 Å². The van der Waals surface area contributed by atoms with Crippen LogP contribution in [0.1, 0.15) is 5.56 Å². The van der Waals surface area contributed by atoms with E-state index in [1.807, 2.05) is 0 Å². The Morgan fingerprint density at radius 1 is 1.33 bits per heavy atom. The highest BCUT2D eigenvalue weighted by atomic mass is 79.9. The third-order valence-electron chi connectivity index (χ3n) is 1.58. The van der Waals surface area contributed by atoms with Crippen molar-refractivity contribution in [1.29, 1.82) is 0 Å². The lowest BCUT2D eigenvalue weighted by atomic mass is 10.2. The van der Waals surface area contributed by atoms with Crippen LogP contribution < -0.4 is 0 Å². The van der Waals surface area contributed by atoms with Crippen molar-refractivity contribution in [2.24, 2.45) is 4.52 Å². The molecule has 1 aromatic rings. The molecule has 0 aliphatic carbocycles. The van der Waals surface area contributed by atoms with E-state index in [1.54, 1.807) is 23.2 Å². The van der Waals surface area contributed by atoms with Crippen LogP contribution in [0.15, 0.2) is 38.7 Å². The largest absolute Gasteiger partial charge is 0.264 e. The lowest BCUT2D eigenvalue weighted by Gasteiger charge is -1.97. The average molecular weight is 288 g/mol. The Kier molecular flexibility index (Phi) is 3.90. The van der Waals surface area contributed by atoms with E-state index in [2.05, 4.69) is 25.4 Å². The molecule has 0 N–H and O–H groups in total. The van der Waals surface area contributed by atoms with Crippen molar-refractivity contribution in [2.75, 3.05) is 0 Å². The number of halogens is 1. The molecule has 0 spiro atoms. The van der Waals surface area contributed by atoms with Gasteiger partial charge in [0.15, 0.2) is 0 Å². The van der Waals surface area contributed by atoms with Crippen molar-refractivity contribution in [1.82, 2.24) is 0 Å². The van der Waals surface area contributed by atoms with Gasteiger partial charge in [0.25, 0.3) is 10.0 Å². The van der Waals surface area contributed by atoms with Gasteiger partial charge in [-0.25, -0.2) is 8.42 Å². The maximum atomic E-state index is 11.3. The summed E-state index contributed by atoms with van der Waals surface area (Å²) in [6.45, 7) is 0. The fourth-order valence-electron chi connectivity index (χ4n) is 0.919. The Hall–Kier alpha value is -1.30. The summed E-state index contributed by atoms with van der Waals surface area (Å²) in [5, 5.41) is 0. The monoisotopic (exact) mass is 287 g/mol. The number of benzene rings is 1. The summed E-state index contributed by atoms with van der Waals surface area (Å²) in [6, 6.07) is 5.98. The molecule has 0 saturated carbocycles. The summed E-state index contributed by atoms with van der Waals surface area (Å²) in [5.74, 6) is 0. The zero-order valence-corrected chi connectivity index (χ0v) is 9.81. The predicted molar refractivity (Wildman–Crippen MR) is 60.7 cm³/mol. The van der Waals surface area contributed by atoms with E-state index in [0.717, 1.165) is 5.56 Å². The molecule has 0 fully saturated rings. The van der Waals surface area contributed by atoms with Gasteiger partial charge in [-0.3, -0.25) is 0 Å². The Morgan fingerprint density at radius 3 is 2.40 bits per heavy atom. The smallest absolute Gasteiger partial charge is 0.216 e. The predicted octanol–water partition coefficient (Wildman–Crippen LogP) is 3.05. The van der Waals surface area contributed by atoms with E-state index in [-0.39, 0.29) is 4.90 Å². The third kappa shape index (κ3) is 3.09. The highest BCUT2D eigenvalue weighted by Crippen LogP contribution is 2.14. The van der Waals surface area contributed by atoms with E-state index in [9.17, 15) is 8.42 Å². The topological polar surface area (TPSA) is 82.9 Å². The zero-order chi connectivity index (χ0) is 11.3. The van der Waals surface area contributed by atoms with Crippen LogP contribution in [0.2, 0.25) is 0 Å². The maximum Gasteiger partial charge on any atom is 0.264 e. The fraction of sp³-hybridized carbons (Fsp3) is 0. The van der Waals surface area contributed by atoms with Crippen molar-refractivity contribution in [3.63, 3.8) is 0 Å². The summed E-state index contributed by atoms with van der Waals surface area (Å²) in [7, 11) is -3.87. The van der Waals surface area contributed by atoms with Gasteiger partial charge in [0.2, 0.25) is 0 Å². The summed E-state index contributed by atoms with van der Waals surface area (Å²) in [5.41, 5.74) is 8.90. The summed E-state index contributed by atoms with van der Waals surface area (Å²) < 4.78 is 25.2. The molecule has 0 atom stereocenters. The Bertz CT molecular complexity index is 515. The minimum Gasteiger partial charge on any atom is -0.216 e. The SMILES string of the molecule is [N-]=[N+]=NS(=O)(=O)c1ccc(/C=C\Br)cc1. The first-order valence-electron chi connectivity index (χ1n) is 3.78. The molecular weight excluding hydrogens is 282 g/mol. The number of hydrogen-bond acceptors (Lipinski definition) is 2. The molecular formula is C8H6BrN3O2S. The van der Waals surface area contributed by atoms with Crippen LogP contribution in [0.4, 0.5) is 0 Å². The lowest BCUT2D eigenvalue weighted by Crippen LogP contribution is -1.94. The van der Waals surface area contributed by atoms with Crippen molar-refractivity contribution in [2.45, 2.75) is 4.90 Å². The Balaban J connectivity index is 3.15. The van der Waals surface area contributed by atoms with Gasteiger partial charge in [-0.15, -0.1) is 0 Å². The molecule has 78 valence electrons. The van der Waals surface area contributed by atoms with Gasteiger partial charge in [-0.05, 0) is 34.3 Å². The molecule has 0 amide bonds. The Morgan fingerprint density at radius 2 is 1.93 bits per heavy atom. The summed E-state index contributed by atoms with van der Waals surface area (Å²) in [4.78, 5) is 3.89. The molecule has 0 aromatic heterocycles. The minimum absolute atomic E-state index is 0.0213. The first-order valence-corrected chi connectivity index (χ1v) is 6.14. The number of rotatable bonds is 3. The van der Waals surface area contributed by atoms with Gasteiger partial charge in [0.1, 0.15) is 0 Å². The van der Waals surface area contributed by atoms with Gasteiger partial charge in [-0.2, -0.15) is 0 Å². The molecule has 5 nitrogen and oxygen atoms in total. The van der Waals surface area contributed by atoms with E-state index in [4.69, 9.17) is 5.53 Å². The fourth-order valence-corrected chi connectivity index (χ4v) is 1.89. The summed E-state index contributed by atoms with van der Waals surface area (Å²) in [6.07, 6.45) is 1.75. The van der Waals surface area contributed by atoms with Crippen molar-refractivity contribution >= 4 is 32.0 Å². The van der Waals surface area contributed by atoms with Gasteiger partial charge >= 0.3 is 0 Å². The molecule has 1 aromatic carbocycles. The standard InChI is InChI=1S/C8H6BrN3O2S/c9-6-5-7-1-3-8(4-2-7)15(13,14)12-11-10/h1-6H/b6-5-. The summed E-state index contributed by atoms with van der Waals surface area (Å²) >= 11 is 3.10. The van der Waals surface area contributed by atoms with Gasteiger partial charge in [0.05, 0.1) is 4.90 Å². The lowest BCUT2D eigenvalue weighted by molar-refractivity contribution is 0.597. The van der Waals surface area contributed by atoms with Crippen LogP contribution >= 0.6 is 15.9 Å². The van der Waals surface area contributed by atoms with Crippen LogP contribution in [0.3, 0.4) is 0 Å². The second-order valence-electron chi connectivity index (χ2n) is 2.51. The molecule has 1 rings (SSSR count). The third-order valence-corrected chi connectivity index (χ3v) is 3.00. The molecule has 15 heavy (non-hydrogen) atoms. The van der Waals surface area contributed by atoms with Gasteiger partial charge in [-0.1, -0.05) is 28.1 Å². The molecule has 0 heterocycles. The second kappa shape index (κ2) is 4.97. The van der Waals surface area contributed by atoms with Crippen LogP contribution in [0, 0.1) is 0 Å². The number of azide groups is 1. The molecule has 0 saturated heterocycles. The van der Waals surface area contributed by atoms with Crippen molar-refractivity contribution in [3.05, 3.63) is 45.3 Å². The molecule has 0 aliphatic rings. The number of hydrogen-bond donors (Lipinski definition) is 0. The first kappa shape index (κ1) is 11.8. The van der Waals surface area contributed by atoms with E-state index in [1.165, 1.54) is 12.1 Å². The molecule has 0 aliphatic heterocycles. The van der Waals surface area contributed by atoms with Crippen LogP contribution in [0.5, 0.6) is 0 Å². The molecule has 7 heteroatoms. The maximum absolute atomic E-state index is 11.3. The quantitative estimate of drug-likeness (QED) is 0.486. The molecule has 0 radical (unpaired) electrons. The highest BCUT2D eigenvalue weighted by molar-refractivity contribution is 9.11. The van der Waals surface area contributed by atoms with E-state index in [0.29, 0.717) is 0 Å². The van der Waals surface area contributed by atoms with E-state index < -0.39 is 10.0 Å². The van der Waals surface area contributed by atoms with Crippen molar-refractivity contribution < 1.29 is 8.42 Å². The first-order chi connectivity index (χ1) is 7.10. The van der Waals surface area contributed by atoms with Crippen molar-refractivity contribution in [3.8, 4) is 0 Å². The molecule has 0 unspecified atom stereocenters. The highest BCUT2D eigenvalue weighted by Gasteiger charge is 2.10. The van der Waals surface area contributed by atoms with Crippen LogP contribution in [0.25, 0.3) is 16.5 Å². The number of sulfonamides is 1.